The summed E-state index contributed by atoms with van der Waals surface area (Å²) in [6, 6.07) is 8.75. The summed E-state index contributed by atoms with van der Waals surface area (Å²) < 4.78 is 26.4. The Labute approximate surface area is 136 Å². The van der Waals surface area contributed by atoms with E-state index in [1.807, 2.05) is 0 Å². The minimum atomic E-state index is -1.49. The molecule has 2 atom stereocenters. The Morgan fingerprint density at radius 2 is 1.83 bits per heavy atom. The van der Waals surface area contributed by atoms with Crippen LogP contribution in [0.1, 0.15) is 17.9 Å². The van der Waals surface area contributed by atoms with Crippen molar-refractivity contribution in [1.29, 1.82) is 0 Å². The maximum atomic E-state index is 13.5. The molecule has 2 amide bonds. The fourth-order valence-corrected chi connectivity index (χ4v) is 2.82. The number of carbonyl (C=O) groups is 2. The molecule has 0 aromatic heterocycles. The third-order valence-corrected chi connectivity index (χ3v) is 4.28. The molecule has 1 saturated carbocycles. The number of hydrogen-bond donors (Lipinski definition) is 3. The number of anilines is 1. The second kappa shape index (κ2) is 5.59. The Morgan fingerprint density at radius 1 is 1.17 bits per heavy atom. The van der Waals surface area contributed by atoms with Gasteiger partial charge in [0.2, 0.25) is 11.8 Å². The van der Waals surface area contributed by atoms with Crippen molar-refractivity contribution in [2.24, 2.45) is 11.1 Å². The van der Waals surface area contributed by atoms with E-state index in [-0.39, 0.29) is 6.42 Å². The quantitative estimate of drug-likeness (QED) is 0.750. The number of nitrogens with two attached hydrogens (primary N) is 1. The summed E-state index contributed by atoms with van der Waals surface area (Å²) in [5.74, 6) is -3.83. The number of phenolic OH excluding ortho intramolecular Hbond substituents is 1. The third-order valence-electron chi connectivity index (χ3n) is 4.28. The van der Waals surface area contributed by atoms with Gasteiger partial charge in [-0.05, 0) is 48.4 Å². The highest BCUT2D eigenvalue weighted by molar-refractivity contribution is 6.14. The maximum Gasteiger partial charge on any atom is 0.240 e. The number of nitrogens with one attached hydrogen (secondary N) is 1. The highest BCUT2D eigenvalue weighted by atomic mass is 19.1. The lowest BCUT2D eigenvalue weighted by Gasteiger charge is -2.14. The van der Waals surface area contributed by atoms with Gasteiger partial charge in [0, 0.05) is 11.6 Å². The molecule has 0 radical (unpaired) electrons. The molecule has 0 bridgehead atoms. The van der Waals surface area contributed by atoms with Gasteiger partial charge in [-0.3, -0.25) is 9.59 Å². The van der Waals surface area contributed by atoms with Crippen molar-refractivity contribution in [3.8, 4) is 5.75 Å². The fourth-order valence-electron chi connectivity index (χ4n) is 2.82. The number of rotatable bonds is 4. The number of phenols is 1. The summed E-state index contributed by atoms with van der Waals surface area (Å²) in [4.78, 5) is 24.4. The predicted octanol–water partition coefficient (Wildman–Crippen LogP) is 2.27. The topological polar surface area (TPSA) is 92.4 Å². The summed E-state index contributed by atoms with van der Waals surface area (Å²) in [6.45, 7) is 0. The molecule has 3 rings (SSSR count). The van der Waals surface area contributed by atoms with Crippen LogP contribution < -0.4 is 11.1 Å². The second-order valence-electron chi connectivity index (χ2n) is 5.76. The molecule has 0 aliphatic heterocycles. The third kappa shape index (κ3) is 2.58. The smallest absolute Gasteiger partial charge is 0.240 e. The van der Waals surface area contributed by atoms with Crippen molar-refractivity contribution in [3.05, 3.63) is 59.7 Å². The van der Waals surface area contributed by atoms with Gasteiger partial charge in [-0.15, -0.1) is 0 Å². The average molecular weight is 332 g/mol. The number of hydrogen-bond acceptors (Lipinski definition) is 3. The van der Waals surface area contributed by atoms with Crippen molar-refractivity contribution < 1.29 is 23.5 Å². The van der Waals surface area contributed by atoms with Gasteiger partial charge < -0.3 is 16.2 Å². The lowest BCUT2D eigenvalue weighted by atomic mass is 9.97. The Hall–Kier alpha value is -2.96. The SMILES string of the molecule is NC(=O)C1(C(=O)Nc2ccc(F)cc2)CC1c1ccc(O)c(F)c1. The Balaban J connectivity index is 1.85. The van der Waals surface area contributed by atoms with Crippen LogP contribution in [0.3, 0.4) is 0 Å². The summed E-state index contributed by atoms with van der Waals surface area (Å²) in [5, 5.41) is 11.8. The van der Waals surface area contributed by atoms with Crippen molar-refractivity contribution in [3.63, 3.8) is 0 Å². The second-order valence-corrected chi connectivity index (χ2v) is 5.76. The van der Waals surface area contributed by atoms with E-state index in [0.717, 1.165) is 12.1 Å². The van der Waals surface area contributed by atoms with E-state index in [1.54, 1.807) is 0 Å². The molecule has 2 aromatic carbocycles. The number of carbonyl (C=O) groups excluding carboxylic acids is 2. The lowest BCUT2D eigenvalue weighted by Crippen LogP contribution is -2.37. The number of primary amides is 1. The number of benzene rings is 2. The van der Waals surface area contributed by atoms with Gasteiger partial charge in [0.15, 0.2) is 11.6 Å². The Kier molecular flexibility index (Phi) is 3.71. The molecule has 0 heterocycles. The maximum absolute atomic E-state index is 13.5. The first-order chi connectivity index (χ1) is 11.3. The molecular weight excluding hydrogens is 318 g/mol. The van der Waals surface area contributed by atoms with Crippen molar-refractivity contribution >= 4 is 17.5 Å². The standard InChI is InChI=1S/C17H14F2N2O3/c18-10-2-4-11(5-3-10)21-16(24)17(15(20)23)8-12(17)9-1-6-14(22)13(19)7-9/h1-7,12,22H,8H2,(H2,20,23)(H,21,24). The number of halogens is 2. The largest absolute Gasteiger partial charge is 0.505 e. The van der Waals surface area contributed by atoms with Gasteiger partial charge in [0.1, 0.15) is 11.2 Å². The molecular formula is C17H14F2N2O3. The minimum absolute atomic E-state index is 0.138. The first-order valence-electron chi connectivity index (χ1n) is 7.20. The van der Waals surface area contributed by atoms with Gasteiger partial charge in [-0.2, -0.15) is 0 Å². The van der Waals surface area contributed by atoms with E-state index < -0.39 is 40.5 Å². The molecule has 1 fully saturated rings. The monoisotopic (exact) mass is 332 g/mol. The molecule has 2 aromatic rings. The molecule has 7 heteroatoms. The zero-order chi connectivity index (χ0) is 17.5. The molecule has 24 heavy (non-hydrogen) atoms. The molecule has 1 aliphatic carbocycles. The van der Waals surface area contributed by atoms with Crippen LogP contribution in [0.2, 0.25) is 0 Å². The Morgan fingerprint density at radius 3 is 2.42 bits per heavy atom. The molecule has 0 spiro atoms. The number of aromatic hydroxyl groups is 1. The summed E-state index contributed by atoms with van der Waals surface area (Å²) >= 11 is 0. The summed E-state index contributed by atoms with van der Waals surface area (Å²) in [5.41, 5.74) is 4.64. The van der Waals surface area contributed by atoms with Crippen molar-refractivity contribution in [1.82, 2.24) is 0 Å². The molecule has 4 N–H and O–H groups in total. The highest BCUT2D eigenvalue weighted by Gasteiger charge is 2.65. The average Bonchev–Trinajstić information content (AvgIpc) is 3.29. The van der Waals surface area contributed by atoms with E-state index in [4.69, 9.17) is 5.73 Å². The Bertz CT molecular complexity index is 823. The van der Waals surface area contributed by atoms with E-state index in [1.165, 1.54) is 30.3 Å². The van der Waals surface area contributed by atoms with Gasteiger partial charge >= 0.3 is 0 Å². The van der Waals surface area contributed by atoms with Gasteiger partial charge in [0.05, 0.1) is 0 Å². The van der Waals surface area contributed by atoms with Crippen LogP contribution in [-0.2, 0) is 9.59 Å². The van der Waals surface area contributed by atoms with Crippen LogP contribution in [0, 0.1) is 17.0 Å². The highest BCUT2D eigenvalue weighted by Crippen LogP contribution is 2.60. The number of amides is 2. The van der Waals surface area contributed by atoms with Gasteiger partial charge in [-0.25, -0.2) is 8.78 Å². The van der Waals surface area contributed by atoms with Crippen LogP contribution >= 0.6 is 0 Å². The van der Waals surface area contributed by atoms with E-state index in [2.05, 4.69) is 5.32 Å². The molecule has 0 saturated heterocycles. The summed E-state index contributed by atoms with van der Waals surface area (Å²) in [7, 11) is 0. The lowest BCUT2D eigenvalue weighted by molar-refractivity contribution is -0.132. The zero-order valence-corrected chi connectivity index (χ0v) is 12.4. The first kappa shape index (κ1) is 15.9. The van der Waals surface area contributed by atoms with Gasteiger partial charge in [-0.1, -0.05) is 6.07 Å². The molecule has 5 nitrogen and oxygen atoms in total. The predicted molar refractivity (Wildman–Crippen MR) is 82.1 cm³/mol. The molecule has 2 unspecified atom stereocenters. The molecule has 124 valence electrons. The van der Waals surface area contributed by atoms with Gasteiger partial charge in [0.25, 0.3) is 0 Å². The van der Waals surface area contributed by atoms with E-state index in [0.29, 0.717) is 11.3 Å². The fraction of sp³-hybridized carbons (Fsp3) is 0.176. The van der Waals surface area contributed by atoms with Crippen molar-refractivity contribution in [2.75, 3.05) is 5.32 Å². The zero-order valence-electron chi connectivity index (χ0n) is 12.4. The summed E-state index contributed by atoms with van der Waals surface area (Å²) in [6.07, 6.45) is 0.138. The van der Waals surface area contributed by atoms with E-state index in [9.17, 15) is 23.5 Å². The minimum Gasteiger partial charge on any atom is -0.505 e. The molecule has 1 aliphatic rings. The van der Waals surface area contributed by atoms with Crippen LogP contribution in [0.5, 0.6) is 5.75 Å². The van der Waals surface area contributed by atoms with Crippen molar-refractivity contribution in [2.45, 2.75) is 12.3 Å². The van der Waals surface area contributed by atoms with Crippen LogP contribution in [0.4, 0.5) is 14.5 Å². The normalized spacial score (nSPS) is 22.0. The van der Waals surface area contributed by atoms with E-state index >= 15 is 0 Å². The van der Waals surface area contributed by atoms with Crippen LogP contribution in [0.15, 0.2) is 42.5 Å². The van der Waals surface area contributed by atoms with Crippen LogP contribution in [0.25, 0.3) is 0 Å². The van der Waals surface area contributed by atoms with Crippen LogP contribution in [-0.4, -0.2) is 16.9 Å². The first-order valence-corrected chi connectivity index (χ1v) is 7.20.